The van der Waals surface area contributed by atoms with E-state index in [1.54, 1.807) is 12.1 Å². The Morgan fingerprint density at radius 1 is 1.03 bits per heavy atom. The summed E-state index contributed by atoms with van der Waals surface area (Å²) in [5.41, 5.74) is 0.315. The van der Waals surface area contributed by atoms with Crippen LogP contribution in [-0.2, 0) is 19.1 Å². The molecule has 2 aromatic rings. The summed E-state index contributed by atoms with van der Waals surface area (Å²) in [4.78, 5) is 45.4. The molecule has 0 unspecified atom stereocenters. The van der Waals surface area contributed by atoms with Crippen LogP contribution in [0.15, 0.2) is 48.5 Å². The van der Waals surface area contributed by atoms with Crippen molar-refractivity contribution in [2.45, 2.75) is 6.42 Å². The molecule has 0 saturated heterocycles. The van der Waals surface area contributed by atoms with Gasteiger partial charge in [0.2, 0.25) is 0 Å². The van der Waals surface area contributed by atoms with Crippen LogP contribution in [0.25, 0.3) is 6.08 Å². The summed E-state index contributed by atoms with van der Waals surface area (Å²) in [5, 5.41) is 11.5. The third kappa shape index (κ3) is 7.31. The highest BCUT2D eigenvalue weighted by Crippen LogP contribution is 2.22. The van der Waals surface area contributed by atoms with Gasteiger partial charge in [0.05, 0.1) is 10.5 Å². The molecule has 0 spiro atoms. The number of halogens is 2. The lowest BCUT2D eigenvalue weighted by Crippen LogP contribution is -2.15. The Labute approximate surface area is 181 Å². The first kappa shape index (κ1) is 23.1. The van der Waals surface area contributed by atoms with Gasteiger partial charge >= 0.3 is 11.9 Å². The van der Waals surface area contributed by atoms with Gasteiger partial charge in [-0.1, -0.05) is 35.3 Å². The molecule has 0 N–H and O–H groups in total. The number of ether oxygens (including phenoxy) is 2. The summed E-state index contributed by atoms with van der Waals surface area (Å²) >= 11 is 11.8. The minimum absolute atomic E-state index is 0.00305. The van der Waals surface area contributed by atoms with E-state index in [4.69, 9.17) is 32.7 Å². The van der Waals surface area contributed by atoms with Gasteiger partial charge in [-0.25, -0.2) is 4.79 Å². The summed E-state index contributed by atoms with van der Waals surface area (Å²) in [5.74, 6) is -2.09. The molecule has 0 atom stereocenters. The maximum absolute atomic E-state index is 11.8. The Kier molecular flexibility index (Phi) is 8.52. The van der Waals surface area contributed by atoms with Crippen molar-refractivity contribution in [3.8, 4) is 0 Å². The maximum atomic E-state index is 11.8. The van der Waals surface area contributed by atoms with Crippen molar-refractivity contribution in [2.75, 3.05) is 13.2 Å². The molecular formula is C20H15Cl2NO7. The van der Waals surface area contributed by atoms with Crippen LogP contribution in [0.2, 0.25) is 10.0 Å². The van der Waals surface area contributed by atoms with Gasteiger partial charge in [-0.3, -0.25) is 19.7 Å². The van der Waals surface area contributed by atoms with Gasteiger partial charge in [-0.2, -0.15) is 0 Å². The zero-order valence-corrected chi connectivity index (χ0v) is 16.9. The molecule has 0 aliphatic carbocycles. The summed E-state index contributed by atoms with van der Waals surface area (Å²) < 4.78 is 9.71. The molecule has 0 aliphatic rings. The Hall–Kier alpha value is -3.23. The fourth-order valence-corrected chi connectivity index (χ4v) is 2.66. The predicted molar refractivity (Wildman–Crippen MR) is 109 cm³/mol. The smallest absolute Gasteiger partial charge is 0.338 e. The average Bonchev–Trinajstić information content (AvgIpc) is 2.70. The zero-order valence-electron chi connectivity index (χ0n) is 15.4. The van der Waals surface area contributed by atoms with Gasteiger partial charge in [0, 0.05) is 22.2 Å². The van der Waals surface area contributed by atoms with Gasteiger partial charge in [0.15, 0.2) is 5.78 Å². The maximum Gasteiger partial charge on any atom is 0.338 e. The molecule has 10 heteroatoms. The normalized spacial score (nSPS) is 10.6. The van der Waals surface area contributed by atoms with Gasteiger partial charge in [-0.15, -0.1) is 0 Å². The largest absolute Gasteiger partial charge is 0.462 e. The van der Waals surface area contributed by atoms with Crippen molar-refractivity contribution >= 4 is 52.7 Å². The van der Waals surface area contributed by atoms with E-state index in [0.29, 0.717) is 15.6 Å². The lowest BCUT2D eigenvalue weighted by molar-refractivity contribution is -0.384. The number of ketones is 1. The van der Waals surface area contributed by atoms with Crippen molar-refractivity contribution in [1.29, 1.82) is 0 Å². The second kappa shape index (κ2) is 11.1. The second-order valence-corrected chi connectivity index (χ2v) is 6.65. The van der Waals surface area contributed by atoms with E-state index < -0.39 is 29.1 Å². The van der Waals surface area contributed by atoms with E-state index in [1.807, 2.05) is 0 Å². The molecule has 30 heavy (non-hydrogen) atoms. The highest BCUT2D eigenvalue weighted by Gasteiger charge is 2.13. The molecule has 0 fully saturated rings. The number of carbonyl (C=O) groups is 3. The number of allylic oxidation sites excluding steroid dienone is 1. The lowest BCUT2D eigenvalue weighted by Gasteiger charge is -2.06. The van der Waals surface area contributed by atoms with Crippen LogP contribution in [0.1, 0.15) is 22.3 Å². The second-order valence-electron chi connectivity index (χ2n) is 5.81. The van der Waals surface area contributed by atoms with E-state index in [9.17, 15) is 24.5 Å². The molecular weight excluding hydrogens is 437 g/mol. The molecule has 0 aliphatic heterocycles. The predicted octanol–water partition coefficient (Wildman–Crippen LogP) is 4.27. The van der Waals surface area contributed by atoms with Crippen molar-refractivity contribution in [3.05, 3.63) is 79.8 Å². The number of esters is 2. The van der Waals surface area contributed by atoms with E-state index in [-0.39, 0.29) is 24.5 Å². The SMILES string of the molecule is O=C(C=Cc1ccc(Cl)cc1Cl)CC(=O)OCCOC(=O)c1cccc([N+](=O)[O-])c1. The molecule has 0 amide bonds. The minimum Gasteiger partial charge on any atom is -0.462 e. The van der Waals surface area contributed by atoms with Crippen molar-refractivity contribution in [2.24, 2.45) is 0 Å². The number of nitro benzene ring substituents is 1. The molecule has 0 saturated carbocycles. The van der Waals surface area contributed by atoms with Crippen LogP contribution in [0, 0.1) is 10.1 Å². The molecule has 2 rings (SSSR count). The number of hydrogen-bond donors (Lipinski definition) is 0. The monoisotopic (exact) mass is 451 g/mol. The van der Waals surface area contributed by atoms with E-state index in [2.05, 4.69) is 0 Å². The fourth-order valence-electron chi connectivity index (χ4n) is 2.19. The first-order valence-corrected chi connectivity index (χ1v) is 9.25. The van der Waals surface area contributed by atoms with Crippen LogP contribution >= 0.6 is 23.2 Å². The highest BCUT2D eigenvalue weighted by molar-refractivity contribution is 6.35. The van der Waals surface area contributed by atoms with Crippen LogP contribution in [-0.4, -0.2) is 35.9 Å². The van der Waals surface area contributed by atoms with Gasteiger partial charge in [0.1, 0.15) is 19.6 Å². The van der Waals surface area contributed by atoms with Crippen LogP contribution in [0.5, 0.6) is 0 Å². The fraction of sp³-hybridized carbons (Fsp3) is 0.150. The van der Waals surface area contributed by atoms with Crippen molar-refractivity contribution < 1.29 is 28.8 Å². The van der Waals surface area contributed by atoms with Crippen molar-refractivity contribution in [1.82, 2.24) is 0 Å². The van der Waals surface area contributed by atoms with Gasteiger partial charge in [0.25, 0.3) is 5.69 Å². The third-order valence-corrected chi connectivity index (χ3v) is 4.16. The Balaban J connectivity index is 1.73. The van der Waals surface area contributed by atoms with Gasteiger partial charge < -0.3 is 9.47 Å². The molecule has 0 radical (unpaired) electrons. The van der Waals surface area contributed by atoms with E-state index in [1.165, 1.54) is 36.4 Å². The van der Waals surface area contributed by atoms with E-state index in [0.717, 1.165) is 6.07 Å². The summed E-state index contributed by atoms with van der Waals surface area (Å²) in [6.45, 7) is -0.531. The Bertz CT molecular complexity index is 1000. The van der Waals surface area contributed by atoms with E-state index >= 15 is 0 Å². The number of hydrogen-bond acceptors (Lipinski definition) is 7. The Morgan fingerprint density at radius 2 is 1.77 bits per heavy atom. The lowest BCUT2D eigenvalue weighted by atomic mass is 10.2. The van der Waals surface area contributed by atoms with Crippen LogP contribution in [0.4, 0.5) is 5.69 Å². The first-order chi connectivity index (χ1) is 14.3. The first-order valence-electron chi connectivity index (χ1n) is 8.49. The number of rotatable bonds is 9. The number of carbonyl (C=O) groups excluding carboxylic acids is 3. The number of nitro groups is 1. The summed E-state index contributed by atoms with van der Waals surface area (Å²) in [6.07, 6.45) is 2.15. The van der Waals surface area contributed by atoms with Crippen molar-refractivity contribution in [3.63, 3.8) is 0 Å². The number of non-ortho nitro benzene ring substituents is 1. The van der Waals surface area contributed by atoms with Crippen LogP contribution in [0.3, 0.4) is 0 Å². The van der Waals surface area contributed by atoms with Crippen LogP contribution < -0.4 is 0 Å². The molecule has 156 valence electrons. The summed E-state index contributed by atoms with van der Waals surface area (Å²) in [6, 6.07) is 9.79. The average molecular weight is 452 g/mol. The molecule has 0 aromatic heterocycles. The zero-order chi connectivity index (χ0) is 22.1. The number of benzene rings is 2. The molecule has 0 bridgehead atoms. The number of nitrogens with zero attached hydrogens (tertiary/aromatic N) is 1. The Morgan fingerprint density at radius 3 is 2.47 bits per heavy atom. The quantitative estimate of drug-likeness (QED) is 0.139. The highest BCUT2D eigenvalue weighted by atomic mass is 35.5. The minimum atomic E-state index is -0.798. The standard InChI is InChI=1S/C20H15Cl2NO7/c21-15-6-4-13(18(22)11-15)5-7-17(24)12-19(25)29-8-9-30-20(26)14-2-1-3-16(10-14)23(27)28/h1-7,10-11H,8-9,12H2. The topological polar surface area (TPSA) is 113 Å². The molecule has 0 heterocycles. The molecule has 8 nitrogen and oxygen atoms in total. The molecule has 2 aromatic carbocycles. The van der Waals surface area contributed by atoms with Gasteiger partial charge in [-0.05, 0) is 35.9 Å². The third-order valence-electron chi connectivity index (χ3n) is 3.60. The summed E-state index contributed by atoms with van der Waals surface area (Å²) in [7, 11) is 0.